The van der Waals surface area contributed by atoms with Crippen molar-refractivity contribution in [2.45, 2.75) is 25.6 Å². The zero-order valence-corrected chi connectivity index (χ0v) is 10.8. The molecule has 1 aromatic heterocycles. The number of hydrogen-bond acceptors (Lipinski definition) is 2. The Kier molecular flexibility index (Phi) is 3.00. The van der Waals surface area contributed by atoms with Crippen molar-refractivity contribution < 1.29 is 23.1 Å². The minimum Gasteiger partial charge on any atom is -0.478 e. The molecule has 1 aliphatic heterocycles. The molecule has 0 bridgehead atoms. The summed E-state index contributed by atoms with van der Waals surface area (Å²) in [6, 6.07) is 4.59. The molecule has 3 rings (SSSR count). The fourth-order valence-electron chi connectivity index (χ4n) is 2.60. The summed E-state index contributed by atoms with van der Waals surface area (Å²) in [6.07, 6.45) is -3.10. The highest BCUT2D eigenvalue weighted by Crippen LogP contribution is 2.34. The number of rotatable bonds is 2. The number of carboxylic acids is 1. The Labute approximate surface area is 117 Å². The Morgan fingerprint density at radius 1 is 1.33 bits per heavy atom. The third kappa shape index (κ3) is 2.28. The first kappa shape index (κ1) is 13.7. The van der Waals surface area contributed by atoms with Gasteiger partial charge in [-0.15, -0.1) is 0 Å². The average Bonchev–Trinajstić information content (AvgIpc) is 2.97. The van der Waals surface area contributed by atoms with Crippen LogP contribution < -0.4 is 0 Å². The Hall–Kier alpha value is -2.31. The van der Waals surface area contributed by atoms with E-state index in [0.717, 1.165) is 18.6 Å². The molecule has 0 atom stereocenters. The van der Waals surface area contributed by atoms with Crippen LogP contribution in [0.25, 0.3) is 11.3 Å². The summed E-state index contributed by atoms with van der Waals surface area (Å²) in [6.45, 7) is 0.592. The van der Waals surface area contributed by atoms with Crippen molar-refractivity contribution >= 4 is 5.97 Å². The van der Waals surface area contributed by atoms with E-state index in [1.165, 1.54) is 12.1 Å². The van der Waals surface area contributed by atoms with Crippen LogP contribution in [0, 0.1) is 0 Å². The molecule has 110 valence electrons. The topological polar surface area (TPSA) is 55.1 Å². The second-order valence-corrected chi connectivity index (χ2v) is 4.88. The van der Waals surface area contributed by atoms with Crippen LogP contribution in [0.1, 0.15) is 28.0 Å². The van der Waals surface area contributed by atoms with Crippen molar-refractivity contribution in [2.24, 2.45) is 0 Å². The fraction of sp³-hybridized carbons (Fsp3) is 0.286. The molecule has 1 N–H and O–H groups in total. The largest absolute Gasteiger partial charge is 0.478 e. The third-order valence-corrected chi connectivity index (χ3v) is 3.52. The van der Waals surface area contributed by atoms with Gasteiger partial charge in [0.1, 0.15) is 11.3 Å². The van der Waals surface area contributed by atoms with Gasteiger partial charge in [-0.2, -0.15) is 18.3 Å². The Morgan fingerprint density at radius 2 is 2.10 bits per heavy atom. The van der Waals surface area contributed by atoms with Crippen LogP contribution in [0.2, 0.25) is 0 Å². The minimum atomic E-state index is -4.47. The van der Waals surface area contributed by atoms with Crippen LogP contribution in [-0.2, 0) is 19.1 Å². The molecular formula is C14H11F3N2O2. The van der Waals surface area contributed by atoms with Crippen molar-refractivity contribution in [3.8, 4) is 11.3 Å². The summed E-state index contributed by atoms with van der Waals surface area (Å²) in [7, 11) is 0. The number of nitrogens with zero attached hydrogens (tertiary/aromatic N) is 2. The highest BCUT2D eigenvalue weighted by molar-refractivity contribution is 5.96. The first-order valence-corrected chi connectivity index (χ1v) is 6.38. The molecule has 0 amide bonds. The lowest BCUT2D eigenvalue weighted by Crippen LogP contribution is -2.05. The van der Waals surface area contributed by atoms with Crippen molar-refractivity contribution in [3.05, 3.63) is 41.1 Å². The molecule has 0 fully saturated rings. The quantitative estimate of drug-likeness (QED) is 0.925. The summed E-state index contributed by atoms with van der Waals surface area (Å²) in [5, 5.41) is 13.5. The van der Waals surface area contributed by atoms with Gasteiger partial charge in [-0.05, 0) is 25.0 Å². The van der Waals surface area contributed by atoms with Crippen LogP contribution in [0.3, 0.4) is 0 Å². The van der Waals surface area contributed by atoms with Gasteiger partial charge < -0.3 is 5.11 Å². The first-order chi connectivity index (χ1) is 9.88. The Morgan fingerprint density at radius 3 is 2.76 bits per heavy atom. The van der Waals surface area contributed by atoms with Crippen molar-refractivity contribution in [3.63, 3.8) is 0 Å². The molecule has 4 nitrogen and oxygen atoms in total. The van der Waals surface area contributed by atoms with Gasteiger partial charge in [-0.1, -0.05) is 12.1 Å². The van der Waals surface area contributed by atoms with Crippen LogP contribution in [-0.4, -0.2) is 20.9 Å². The Bertz CT molecular complexity index is 719. The van der Waals surface area contributed by atoms with Crippen LogP contribution in [0.5, 0.6) is 0 Å². The number of aryl methyl sites for hydroxylation is 1. The SMILES string of the molecule is O=C(O)c1c(-c2cccc(C(F)(F)F)c2)nn2c1CCC2. The van der Waals surface area contributed by atoms with E-state index in [9.17, 15) is 23.1 Å². The number of aromatic nitrogens is 2. The van der Waals surface area contributed by atoms with Gasteiger partial charge in [-0.3, -0.25) is 4.68 Å². The standard InChI is InChI=1S/C14H11F3N2O2/c15-14(16,17)9-4-1-3-8(7-9)12-11(13(20)21)10-5-2-6-19(10)18-12/h1,3-4,7H,2,5-6H2,(H,20,21). The predicted octanol–water partition coefficient (Wildman–Crippen LogP) is 3.21. The van der Waals surface area contributed by atoms with Gasteiger partial charge in [0.2, 0.25) is 0 Å². The molecule has 0 saturated carbocycles. The molecule has 1 aromatic carbocycles. The zero-order chi connectivity index (χ0) is 15.2. The molecular weight excluding hydrogens is 285 g/mol. The molecule has 1 aliphatic rings. The fourth-order valence-corrected chi connectivity index (χ4v) is 2.60. The lowest BCUT2D eigenvalue weighted by atomic mass is 10.0. The summed E-state index contributed by atoms with van der Waals surface area (Å²) >= 11 is 0. The minimum absolute atomic E-state index is 0.00632. The number of benzene rings is 1. The average molecular weight is 296 g/mol. The number of fused-ring (bicyclic) bond motifs is 1. The highest BCUT2D eigenvalue weighted by atomic mass is 19.4. The molecule has 2 aromatic rings. The number of carbonyl (C=O) groups is 1. The van der Waals surface area contributed by atoms with Crippen molar-refractivity contribution in [2.75, 3.05) is 0 Å². The second kappa shape index (κ2) is 4.61. The summed E-state index contributed by atoms with van der Waals surface area (Å²) in [5.41, 5.74) is 0.0404. The van der Waals surface area contributed by atoms with Crippen molar-refractivity contribution in [1.82, 2.24) is 9.78 Å². The van der Waals surface area contributed by atoms with Crippen LogP contribution in [0.15, 0.2) is 24.3 Å². The summed E-state index contributed by atoms with van der Waals surface area (Å²) in [5.74, 6) is -1.16. The van der Waals surface area contributed by atoms with Gasteiger partial charge in [0.05, 0.1) is 11.3 Å². The molecule has 2 heterocycles. The smallest absolute Gasteiger partial charge is 0.416 e. The molecule has 7 heteroatoms. The Balaban J connectivity index is 2.16. The molecule has 0 spiro atoms. The second-order valence-electron chi connectivity index (χ2n) is 4.88. The van der Waals surface area contributed by atoms with Crippen LogP contribution in [0.4, 0.5) is 13.2 Å². The van der Waals surface area contributed by atoms with Gasteiger partial charge in [0.15, 0.2) is 0 Å². The highest BCUT2D eigenvalue weighted by Gasteiger charge is 2.32. The number of alkyl halides is 3. The maximum atomic E-state index is 12.8. The van der Waals surface area contributed by atoms with E-state index in [1.807, 2.05) is 0 Å². The van der Waals surface area contributed by atoms with E-state index in [0.29, 0.717) is 18.7 Å². The number of aromatic carboxylic acids is 1. The van der Waals surface area contributed by atoms with Gasteiger partial charge in [0, 0.05) is 12.1 Å². The van der Waals surface area contributed by atoms with Crippen molar-refractivity contribution in [1.29, 1.82) is 0 Å². The monoisotopic (exact) mass is 296 g/mol. The van der Waals surface area contributed by atoms with E-state index in [1.54, 1.807) is 4.68 Å². The molecule has 0 saturated heterocycles. The normalized spacial score (nSPS) is 14.2. The van der Waals surface area contributed by atoms with E-state index in [-0.39, 0.29) is 16.8 Å². The van der Waals surface area contributed by atoms with Gasteiger partial charge >= 0.3 is 12.1 Å². The molecule has 0 unspecified atom stereocenters. The first-order valence-electron chi connectivity index (χ1n) is 6.38. The van der Waals surface area contributed by atoms with Gasteiger partial charge in [-0.25, -0.2) is 4.79 Å². The predicted molar refractivity (Wildman–Crippen MR) is 67.9 cm³/mol. The van der Waals surface area contributed by atoms with E-state index >= 15 is 0 Å². The summed E-state index contributed by atoms with van der Waals surface area (Å²) < 4.78 is 39.9. The van der Waals surface area contributed by atoms with Crippen LogP contribution >= 0.6 is 0 Å². The lowest BCUT2D eigenvalue weighted by molar-refractivity contribution is -0.137. The zero-order valence-electron chi connectivity index (χ0n) is 10.8. The number of carboxylic acid groups (broad SMARTS) is 1. The number of halogens is 3. The maximum Gasteiger partial charge on any atom is 0.416 e. The summed E-state index contributed by atoms with van der Waals surface area (Å²) in [4.78, 5) is 11.4. The van der Waals surface area contributed by atoms with Gasteiger partial charge in [0.25, 0.3) is 0 Å². The lowest BCUT2D eigenvalue weighted by Gasteiger charge is -2.08. The molecule has 0 radical (unpaired) electrons. The van der Waals surface area contributed by atoms with E-state index in [4.69, 9.17) is 0 Å². The molecule has 21 heavy (non-hydrogen) atoms. The van der Waals surface area contributed by atoms with E-state index in [2.05, 4.69) is 5.10 Å². The molecule has 0 aliphatic carbocycles. The third-order valence-electron chi connectivity index (χ3n) is 3.52. The van der Waals surface area contributed by atoms with E-state index < -0.39 is 17.7 Å². The number of hydrogen-bond donors (Lipinski definition) is 1. The maximum absolute atomic E-state index is 12.8.